The number of nitriles is 1. The number of nitrogens with one attached hydrogen (secondary N) is 1. The lowest BCUT2D eigenvalue weighted by Gasteiger charge is -2.12. The van der Waals surface area contributed by atoms with Crippen LogP contribution in [-0.2, 0) is 0 Å². The maximum absolute atomic E-state index is 8.95. The first-order valence-electron chi connectivity index (χ1n) is 4.27. The van der Waals surface area contributed by atoms with E-state index in [0.717, 1.165) is 16.6 Å². The van der Waals surface area contributed by atoms with Crippen molar-refractivity contribution in [2.24, 2.45) is 0 Å². The van der Waals surface area contributed by atoms with Crippen LogP contribution in [0.5, 0.6) is 0 Å². The van der Waals surface area contributed by atoms with Crippen molar-refractivity contribution < 1.29 is 0 Å². The monoisotopic (exact) mass is 272 g/mol. The summed E-state index contributed by atoms with van der Waals surface area (Å²) >= 11 is 9.25. The highest BCUT2D eigenvalue weighted by Crippen LogP contribution is 2.26. The molecule has 0 saturated carbocycles. The van der Waals surface area contributed by atoms with Gasteiger partial charge >= 0.3 is 0 Å². The van der Waals surface area contributed by atoms with Gasteiger partial charge in [0.15, 0.2) is 0 Å². The first-order chi connectivity index (χ1) is 6.69. The molecule has 0 bridgehead atoms. The maximum atomic E-state index is 8.95. The van der Waals surface area contributed by atoms with Gasteiger partial charge in [0, 0.05) is 9.50 Å². The van der Waals surface area contributed by atoms with Gasteiger partial charge in [0.2, 0.25) is 0 Å². The van der Waals surface area contributed by atoms with E-state index in [1.165, 1.54) is 0 Å². The van der Waals surface area contributed by atoms with Crippen molar-refractivity contribution in [3.63, 3.8) is 0 Å². The van der Waals surface area contributed by atoms with Gasteiger partial charge in [0.05, 0.1) is 6.07 Å². The van der Waals surface area contributed by atoms with Gasteiger partial charge in [-0.3, -0.25) is 5.32 Å². The Morgan fingerprint density at radius 2 is 2.36 bits per heavy atom. The molecule has 0 fully saturated rings. The van der Waals surface area contributed by atoms with Crippen LogP contribution in [0.3, 0.4) is 0 Å². The minimum absolute atomic E-state index is 0.312. The molecule has 0 amide bonds. The molecule has 1 atom stereocenters. The molecule has 1 rings (SSSR count). The van der Waals surface area contributed by atoms with E-state index in [-0.39, 0.29) is 6.04 Å². The van der Waals surface area contributed by atoms with Crippen LogP contribution in [0, 0.1) is 11.3 Å². The second kappa shape index (κ2) is 5.35. The Kier molecular flexibility index (Phi) is 4.40. The fourth-order valence-corrected chi connectivity index (χ4v) is 1.82. The average molecular weight is 274 g/mol. The van der Waals surface area contributed by atoms with Crippen LogP contribution in [0.4, 0.5) is 0 Å². The first kappa shape index (κ1) is 11.5. The van der Waals surface area contributed by atoms with Gasteiger partial charge in [-0.1, -0.05) is 34.5 Å². The van der Waals surface area contributed by atoms with Crippen molar-refractivity contribution in [2.45, 2.75) is 13.0 Å². The van der Waals surface area contributed by atoms with Crippen LogP contribution in [0.25, 0.3) is 0 Å². The van der Waals surface area contributed by atoms with Crippen molar-refractivity contribution >= 4 is 27.5 Å². The lowest BCUT2D eigenvalue weighted by molar-refractivity contribution is 0.656. The van der Waals surface area contributed by atoms with E-state index < -0.39 is 0 Å². The summed E-state index contributed by atoms with van der Waals surface area (Å²) in [5.74, 6) is 0. The molecule has 1 N–H and O–H groups in total. The minimum atomic E-state index is -0.312. The highest BCUT2D eigenvalue weighted by Gasteiger charge is 2.12. The van der Waals surface area contributed by atoms with E-state index in [2.05, 4.69) is 27.3 Å². The molecule has 0 radical (unpaired) electrons. The van der Waals surface area contributed by atoms with Crippen molar-refractivity contribution in [1.82, 2.24) is 5.32 Å². The molecular formula is C10H10BrClN2. The highest BCUT2D eigenvalue weighted by atomic mass is 79.9. The van der Waals surface area contributed by atoms with Gasteiger partial charge in [-0.15, -0.1) is 0 Å². The zero-order valence-electron chi connectivity index (χ0n) is 7.72. The Labute approximate surface area is 97.0 Å². The van der Waals surface area contributed by atoms with Gasteiger partial charge in [-0.25, -0.2) is 0 Å². The third kappa shape index (κ3) is 2.71. The van der Waals surface area contributed by atoms with Crippen molar-refractivity contribution in [2.75, 3.05) is 6.54 Å². The van der Waals surface area contributed by atoms with E-state index in [1.54, 1.807) is 12.1 Å². The zero-order valence-corrected chi connectivity index (χ0v) is 10.1. The summed E-state index contributed by atoms with van der Waals surface area (Å²) in [4.78, 5) is 0. The quantitative estimate of drug-likeness (QED) is 0.917. The fourth-order valence-electron chi connectivity index (χ4n) is 1.17. The Morgan fingerprint density at radius 1 is 1.64 bits per heavy atom. The zero-order chi connectivity index (χ0) is 10.6. The molecule has 0 saturated heterocycles. The predicted molar refractivity (Wildman–Crippen MR) is 61.2 cm³/mol. The summed E-state index contributed by atoms with van der Waals surface area (Å²) in [6, 6.07) is 7.30. The molecule has 0 aliphatic rings. The summed E-state index contributed by atoms with van der Waals surface area (Å²) in [6.45, 7) is 2.71. The largest absolute Gasteiger partial charge is 0.298 e. The fraction of sp³-hybridized carbons (Fsp3) is 0.300. The summed E-state index contributed by atoms with van der Waals surface area (Å²) in [7, 11) is 0. The van der Waals surface area contributed by atoms with Crippen LogP contribution in [0.2, 0.25) is 5.02 Å². The van der Waals surface area contributed by atoms with E-state index in [9.17, 15) is 0 Å². The van der Waals surface area contributed by atoms with Crippen LogP contribution in [0.1, 0.15) is 18.5 Å². The highest BCUT2D eigenvalue weighted by molar-refractivity contribution is 9.10. The molecular weight excluding hydrogens is 263 g/mol. The molecule has 0 spiro atoms. The smallest absolute Gasteiger partial charge is 0.122 e. The lowest BCUT2D eigenvalue weighted by atomic mass is 10.1. The van der Waals surface area contributed by atoms with E-state index >= 15 is 0 Å². The Balaban J connectivity index is 3.03. The summed E-state index contributed by atoms with van der Waals surface area (Å²) in [6.07, 6.45) is 0. The third-order valence-electron chi connectivity index (χ3n) is 1.81. The lowest BCUT2D eigenvalue weighted by Crippen LogP contribution is -2.19. The molecule has 0 aromatic heterocycles. The van der Waals surface area contributed by atoms with Crippen LogP contribution >= 0.6 is 27.5 Å². The molecule has 1 unspecified atom stereocenters. The third-order valence-corrected chi connectivity index (χ3v) is 2.76. The molecule has 2 nitrogen and oxygen atoms in total. The minimum Gasteiger partial charge on any atom is -0.298 e. The molecule has 1 aromatic carbocycles. The summed E-state index contributed by atoms with van der Waals surface area (Å²) in [5, 5.41) is 12.7. The molecule has 0 aliphatic heterocycles. The van der Waals surface area contributed by atoms with Gasteiger partial charge in [0.1, 0.15) is 6.04 Å². The molecule has 0 aliphatic carbocycles. The van der Waals surface area contributed by atoms with Crippen molar-refractivity contribution in [3.8, 4) is 6.07 Å². The SMILES string of the molecule is CCNC(C#N)c1cc(Cl)ccc1Br. The van der Waals surface area contributed by atoms with E-state index in [4.69, 9.17) is 16.9 Å². The van der Waals surface area contributed by atoms with Crippen LogP contribution in [-0.4, -0.2) is 6.54 Å². The average Bonchev–Trinajstić information content (AvgIpc) is 2.18. The van der Waals surface area contributed by atoms with E-state index in [1.807, 2.05) is 13.0 Å². The molecule has 1 aromatic rings. The van der Waals surface area contributed by atoms with Gasteiger partial charge in [-0.05, 0) is 30.3 Å². The number of benzene rings is 1. The summed E-state index contributed by atoms with van der Waals surface area (Å²) < 4.78 is 0.898. The maximum Gasteiger partial charge on any atom is 0.122 e. The second-order valence-electron chi connectivity index (χ2n) is 2.79. The molecule has 74 valence electrons. The van der Waals surface area contributed by atoms with Crippen LogP contribution in [0.15, 0.2) is 22.7 Å². The molecule has 14 heavy (non-hydrogen) atoms. The van der Waals surface area contributed by atoms with Gasteiger partial charge < -0.3 is 0 Å². The van der Waals surface area contributed by atoms with Crippen molar-refractivity contribution in [3.05, 3.63) is 33.3 Å². The van der Waals surface area contributed by atoms with Crippen molar-refractivity contribution in [1.29, 1.82) is 5.26 Å². The molecule has 4 heteroatoms. The standard InChI is InChI=1S/C10H10BrClN2/c1-2-14-10(6-13)8-5-7(12)3-4-9(8)11/h3-5,10,14H,2H2,1H3. The predicted octanol–water partition coefficient (Wildman–Crippen LogP) is 3.28. The number of hydrogen-bond donors (Lipinski definition) is 1. The first-order valence-corrected chi connectivity index (χ1v) is 5.44. The summed E-state index contributed by atoms with van der Waals surface area (Å²) in [5.41, 5.74) is 0.877. The van der Waals surface area contributed by atoms with Gasteiger partial charge in [0.25, 0.3) is 0 Å². The Hall–Kier alpha value is -0.560. The number of nitrogens with zero attached hydrogens (tertiary/aromatic N) is 1. The number of halogens is 2. The second-order valence-corrected chi connectivity index (χ2v) is 4.08. The Bertz CT molecular complexity index is 360. The van der Waals surface area contributed by atoms with Gasteiger partial charge in [-0.2, -0.15) is 5.26 Å². The number of hydrogen-bond acceptors (Lipinski definition) is 2. The normalized spacial score (nSPS) is 12.1. The topological polar surface area (TPSA) is 35.8 Å². The Morgan fingerprint density at radius 3 is 2.93 bits per heavy atom. The molecule has 0 heterocycles. The number of rotatable bonds is 3. The van der Waals surface area contributed by atoms with E-state index in [0.29, 0.717) is 5.02 Å². The van der Waals surface area contributed by atoms with Crippen LogP contribution < -0.4 is 5.32 Å².